The number of fused-ring (bicyclic) bond motifs is 1. The van der Waals surface area contributed by atoms with E-state index in [1.54, 1.807) is 55.6 Å². The highest BCUT2D eigenvalue weighted by atomic mass is 16.6. The van der Waals surface area contributed by atoms with Crippen molar-refractivity contribution >= 4 is 23.4 Å². The van der Waals surface area contributed by atoms with Crippen molar-refractivity contribution in [1.29, 1.82) is 0 Å². The Morgan fingerprint density at radius 3 is 2.38 bits per heavy atom. The summed E-state index contributed by atoms with van der Waals surface area (Å²) in [4.78, 5) is 28.0. The number of rotatable bonds is 3. The van der Waals surface area contributed by atoms with Crippen molar-refractivity contribution in [1.82, 2.24) is 9.38 Å². The third kappa shape index (κ3) is 3.23. The van der Waals surface area contributed by atoms with Crippen molar-refractivity contribution in [2.45, 2.75) is 26.4 Å². The first-order chi connectivity index (χ1) is 12.2. The fourth-order valence-corrected chi connectivity index (χ4v) is 2.56. The van der Waals surface area contributed by atoms with Crippen molar-refractivity contribution in [3.05, 3.63) is 53.7 Å². The Morgan fingerprint density at radius 2 is 1.81 bits per heavy atom. The van der Waals surface area contributed by atoms with E-state index in [1.807, 2.05) is 0 Å². The van der Waals surface area contributed by atoms with Crippen LogP contribution in [0.5, 0.6) is 0 Å². The number of benzene rings is 1. The summed E-state index contributed by atoms with van der Waals surface area (Å²) >= 11 is 0. The molecule has 2 aromatic heterocycles. The molecule has 3 aromatic rings. The highest BCUT2D eigenvalue weighted by Crippen LogP contribution is 2.28. The molecule has 0 bridgehead atoms. The molecule has 1 aromatic carbocycles. The summed E-state index contributed by atoms with van der Waals surface area (Å²) in [5.41, 5.74) is 7.56. The van der Waals surface area contributed by atoms with Crippen LogP contribution in [0.4, 0.5) is 5.82 Å². The van der Waals surface area contributed by atoms with E-state index < -0.39 is 17.5 Å². The quantitative estimate of drug-likeness (QED) is 0.700. The van der Waals surface area contributed by atoms with E-state index in [4.69, 9.17) is 15.6 Å². The summed E-state index contributed by atoms with van der Waals surface area (Å²) in [5, 5.41) is 9.01. The fourth-order valence-electron chi connectivity index (χ4n) is 2.56. The van der Waals surface area contributed by atoms with Crippen LogP contribution in [-0.2, 0) is 4.74 Å². The largest absolute Gasteiger partial charge is 0.478 e. The van der Waals surface area contributed by atoms with E-state index in [0.717, 1.165) is 0 Å². The average Bonchev–Trinajstić information content (AvgIpc) is 2.90. The van der Waals surface area contributed by atoms with E-state index in [1.165, 1.54) is 12.1 Å². The zero-order valence-electron chi connectivity index (χ0n) is 14.7. The molecule has 0 saturated carbocycles. The number of nitrogens with two attached hydrogens (primary N) is 1. The number of carboxylic acids is 1. The number of pyridine rings is 1. The molecule has 7 heteroatoms. The van der Waals surface area contributed by atoms with Crippen LogP contribution in [-0.4, -0.2) is 32.0 Å². The van der Waals surface area contributed by atoms with Gasteiger partial charge in [-0.2, -0.15) is 0 Å². The second-order valence-corrected chi connectivity index (χ2v) is 6.85. The van der Waals surface area contributed by atoms with Crippen LogP contribution >= 0.6 is 0 Å². The van der Waals surface area contributed by atoms with Crippen molar-refractivity contribution < 1.29 is 19.4 Å². The smallest absolute Gasteiger partial charge is 0.342 e. The minimum Gasteiger partial charge on any atom is -0.478 e. The number of anilines is 1. The number of esters is 1. The molecule has 0 unspecified atom stereocenters. The SMILES string of the molecule is CC(C)(C)OC(=O)c1cccn2c(N)c(-c3ccc(C(=O)O)cc3)nc12. The standard InChI is InChI=1S/C19H19N3O4/c1-19(2,3)26-18(25)13-5-4-10-22-15(20)14(21-16(13)22)11-6-8-12(9-7-11)17(23)24/h4-10H,20H2,1-3H3,(H,23,24). The molecule has 26 heavy (non-hydrogen) atoms. The Kier molecular flexibility index (Phi) is 4.15. The predicted molar refractivity (Wildman–Crippen MR) is 97.2 cm³/mol. The Labute approximate surface area is 150 Å². The molecular formula is C19H19N3O4. The van der Waals surface area contributed by atoms with Crippen molar-refractivity contribution in [2.24, 2.45) is 0 Å². The van der Waals surface area contributed by atoms with E-state index in [9.17, 15) is 9.59 Å². The lowest BCUT2D eigenvalue weighted by molar-refractivity contribution is 0.00710. The average molecular weight is 353 g/mol. The van der Waals surface area contributed by atoms with E-state index in [-0.39, 0.29) is 5.56 Å². The first-order valence-corrected chi connectivity index (χ1v) is 8.01. The molecule has 2 heterocycles. The van der Waals surface area contributed by atoms with Crippen molar-refractivity contribution in [3.8, 4) is 11.3 Å². The minimum absolute atomic E-state index is 0.172. The monoisotopic (exact) mass is 353 g/mol. The third-order valence-corrected chi connectivity index (χ3v) is 3.71. The predicted octanol–water partition coefficient (Wildman–Crippen LogP) is 3.24. The minimum atomic E-state index is -1.01. The molecule has 0 radical (unpaired) electrons. The van der Waals surface area contributed by atoms with Crippen LogP contribution < -0.4 is 5.73 Å². The fraction of sp³-hybridized carbons (Fsp3) is 0.211. The number of hydrogen-bond acceptors (Lipinski definition) is 5. The molecule has 3 rings (SSSR count). The topological polar surface area (TPSA) is 107 Å². The lowest BCUT2D eigenvalue weighted by Crippen LogP contribution is -2.24. The molecule has 0 amide bonds. The van der Waals surface area contributed by atoms with E-state index in [2.05, 4.69) is 4.98 Å². The molecule has 0 atom stereocenters. The maximum Gasteiger partial charge on any atom is 0.342 e. The Morgan fingerprint density at radius 1 is 1.15 bits per heavy atom. The number of imidazole rings is 1. The maximum atomic E-state index is 12.5. The Bertz CT molecular complexity index is 998. The van der Waals surface area contributed by atoms with Gasteiger partial charge in [-0.1, -0.05) is 12.1 Å². The van der Waals surface area contributed by atoms with Gasteiger partial charge >= 0.3 is 11.9 Å². The molecule has 7 nitrogen and oxygen atoms in total. The Balaban J connectivity index is 2.09. The van der Waals surface area contributed by atoms with Crippen LogP contribution in [0.25, 0.3) is 16.9 Å². The number of carbonyl (C=O) groups is 2. The first-order valence-electron chi connectivity index (χ1n) is 8.01. The Hall–Kier alpha value is -3.35. The van der Waals surface area contributed by atoms with Gasteiger partial charge in [-0.3, -0.25) is 4.40 Å². The highest BCUT2D eigenvalue weighted by Gasteiger charge is 2.22. The molecular weight excluding hydrogens is 334 g/mol. The molecule has 0 saturated heterocycles. The number of aromatic carboxylic acids is 1. The summed E-state index contributed by atoms with van der Waals surface area (Å²) in [6.07, 6.45) is 1.71. The van der Waals surface area contributed by atoms with Gasteiger partial charge in [-0.05, 0) is 45.0 Å². The van der Waals surface area contributed by atoms with Crippen molar-refractivity contribution in [2.75, 3.05) is 5.73 Å². The van der Waals surface area contributed by atoms with Gasteiger partial charge in [0.15, 0.2) is 5.65 Å². The number of ether oxygens (including phenoxy) is 1. The molecule has 0 fully saturated rings. The second-order valence-electron chi connectivity index (χ2n) is 6.85. The van der Waals surface area contributed by atoms with Gasteiger partial charge in [0.2, 0.25) is 0 Å². The summed E-state index contributed by atoms with van der Waals surface area (Å²) in [6.45, 7) is 5.38. The lowest BCUT2D eigenvalue weighted by atomic mass is 10.1. The number of nitrogens with zero attached hydrogens (tertiary/aromatic N) is 2. The van der Waals surface area contributed by atoms with E-state index in [0.29, 0.717) is 28.3 Å². The zero-order valence-corrected chi connectivity index (χ0v) is 14.7. The summed E-state index contributed by atoms with van der Waals surface area (Å²) in [7, 11) is 0. The first kappa shape index (κ1) is 17.5. The van der Waals surface area contributed by atoms with E-state index >= 15 is 0 Å². The molecule has 0 aliphatic heterocycles. The number of hydrogen-bond donors (Lipinski definition) is 2. The van der Waals surface area contributed by atoms with Gasteiger partial charge in [0.1, 0.15) is 22.7 Å². The highest BCUT2D eigenvalue weighted by molar-refractivity contribution is 5.97. The van der Waals surface area contributed by atoms with Crippen LogP contribution in [0.2, 0.25) is 0 Å². The third-order valence-electron chi connectivity index (χ3n) is 3.71. The lowest BCUT2D eigenvalue weighted by Gasteiger charge is -2.19. The van der Waals surface area contributed by atoms with Crippen molar-refractivity contribution in [3.63, 3.8) is 0 Å². The summed E-state index contributed by atoms with van der Waals surface area (Å²) < 4.78 is 7.04. The summed E-state index contributed by atoms with van der Waals surface area (Å²) in [5.74, 6) is -1.14. The van der Waals surface area contributed by atoms with Gasteiger partial charge in [0.05, 0.1) is 5.56 Å². The van der Waals surface area contributed by atoms with Crippen LogP contribution in [0.15, 0.2) is 42.6 Å². The molecule has 0 spiro atoms. The maximum absolute atomic E-state index is 12.5. The molecule has 0 aliphatic rings. The van der Waals surface area contributed by atoms with Gasteiger partial charge in [0, 0.05) is 11.8 Å². The molecule has 0 aliphatic carbocycles. The number of nitrogen functional groups attached to an aromatic ring is 1. The van der Waals surface area contributed by atoms with Gasteiger partial charge < -0.3 is 15.6 Å². The van der Waals surface area contributed by atoms with Crippen LogP contribution in [0.3, 0.4) is 0 Å². The van der Waals surface area contributed by atoms with Crippen LogP contribution in [0.1, 0.15) is 41.5 Å². The van der Waals surface area contributed by atoms with Gasteiger partial charge in [-0.15, -0.1) is 0 Å². The summed E-state index contributed by atoms with van der Waals surface area (Å²) in [6, 6.07) is 9.56. The van der Waals surface area contributed by atoms with Gasteiger partial charge in [-0.25, -0.2) is 14.6 Å². The number of carboxylic acid groups (broad SMARTS) is 1. The van der Waals surface area contributed by atoms with Gasteiger partial charge in [0.25, 0.3) is 0 Å². The number of aromatic nitrogens is 2. The number of carbonyl (C=O) groups excluding carboxylic acids is 1. The molecule has 134 valence electrons. The normalized spacial score (nSPS) is 11.5. The van der Waals surface area contributed by atoms with Crippen LogP contribution in [0, 0.1) is 0 Å². The zero-order chi connectivity index (χ0) is 19.1. The molecule has 3 N–H and O–H groups in total. The second kappa shape index (κ2) is 6.18.